The normalized spacial score (nSPS) is 15.0. The number of benzene rings is 2. The molecule has 1 aliphatic rings. The van der Waals surface area contributed by atoms with Gasteiger partial charge in [0.05, 0.1) is 13.2 Å². The fourth-order valence-electron chi connectivity index (χ4n) is 2.90. The van der Waals surface area contributed by atoms with E-state index in [-0.39, 0.29) is 6.04 Å². The predicted molar refractivity (Wildman–Crippen MR) is 82.3 cm³/mol. The molecule has 3 rings (SSSR count). The van der Waals surface area contributed by atoms with Gasteiger partial charge in [0.1, 0.15) is 5.75 Å². The summed E-state index contributed by atoms with van der Waals surface area (Å²) < 4.78 is 5.40. The van der Waals surface area contributed by atoms with Gasteiger partial charge in [0.2, 0.25) is 0 Å². The molecule has 2 N–H and O–H groups in total. The molecule has 0 spiro atoms. The first-order chi connectivity index (χ1) is 9.79. The van der Waals surface area contributed by atoms with Gasteiger partial charge in [-0.2, -0.15) is 0 Å². The fraction of sp³-hybridized carbons (Fsp3) is 0.294. The molecule has 0 fully saturated rings. The quantitative estimate of drug-likeness (QED) is 0.926. The Bertz CT molecular complexity index is 597. The molecule has 104 valence electrons. The highest BCUT2D eigenvalue weighted by Gasteiger charge is 2.21. The van der Waals surface area contributed by atoms with Gasteiger partial charge in [0.15, 0.2) is 0 Å². The lowest BCUT2D eigenvalue weighted by Crippen LogP contribution is -2.31. The lowest BCUT2D eigenvalue weighted by atomic mass is 10.1. The highest BCUT2D eigenvalue weighted by atomic mass is 16.5. The van der Waals surface area contributed by atoms with Gasteiger partial charge in [-0.1, -0.05) is 36.4 Å². The van der Waals surface area contributed by atoms with Crippen molar-refractivity contribution in [2.45, 2.75) is 12.5 Å². The highest BCUT2D eigenvalue weighted by molar-refractivity contribution is 5.58. The van der Waals surface area contributed by atoms with E-state index >= 15 is 0 Å². The van der Waals surface area contributed by atoms with Crippen LogP contribution >= 0.6 is 0 Å². The largest absolute Gasteiger partial charge is 0.496 e. The van der Waals surface area contributed by atoms with Crippen LogP contribution < -0.4 is 15.4 Å². The summed E-state index contributed by atoms with van der Waals surface area (Å²) in [6.07, 6.45) is 1.11. The molecule has 0 aliphatic carbocycles. The Balaban J connectivity index is 1.79. The van der Waals surface area contributed by atoms with E-state index in [1.54, 1.807) is 7.11 Å². The Morgan fingerprint density at radius 2 is 1.90 bits per heavy atom. The summed E-state index contributed by atoms with van der Waals surface area (Å²) in [5, 5.41) is 0. The average Bonchev–Trinajstić information content (AvgIpc) is 2.90. The lowest BCUT2D eigenvalue weighted by molar-refractivity contribution is 0.405. The number of hydrogen-bond acceptors (Lipinski definition) is 3. The summed E-state index contributed by atoms with van der Waals surface area (Å²) in [6, 6.07) is 16.5. The Hall–Kier alpha value is -2.00. The molecule has 0 saturated heterocycles. The molecular weight excluding hydrogens is 248 g/mol. The second kappa shape index (κ2) is 5.55. The van der Waals surface area contributed by atoms with Crippen molar-refractivity contribution in [3.05, 3.63) is 59.7 Å². The van der Waals surface area contributed by atoms with Crippen LogP contribution in [-0.4, -0.2) is 20.2 Å². The van der Waals surface area contributed by atoms with Gasteiger partial charge in [-0.3, -0.25) is 0 Å². The highest BCUT2D eigenvalue weighted by Crippen LogP contribution is 2.30. The topological polar surface area (TPSA) is 38.5 Å². The minimum absolute atomic E-state index is 0.0442. The van der Waals surface area contributed by atoms with Crippen LogP contribution in [-0.2, 0) is 6.42 Å². The van der Waals surface area contributed by atoms with Crippen LogP contribution in [0.15, 0.2) is 48.5 Å². The summed E-state index contributed by atoms with van der Waals surface area (Å²) in [4.78, 5) is 2.37. The zero-order valence-electron chi connectivity index (χ0n) is 11.8. The molecule has 0 bridgehead atoms. The van der Waals surface area contributed by atoms with Crippen molar-refractivity contribution in [2.24, 2.45) is 5.73 Å². The smallest absolute Gasteiger partial charge is 0.123 e. The molecule has 0 aromatic heterocycles. The third-order valence-corrected chi connectivity index (χ3v) is 3.94. The van der Waals surface area contributed by atoms with Crippen LogP contribution in [0.5, 0.6) is 5.75 Å². The third-order valence-electron chi connectivity index (χ3n) is 3.94. The molecule has 0 radical (unpaired) electrons. The van der Waals surface area contributed by atoms with E-state index in [2.05, 4.69) is 29.2 Å². The van der Waals surface area contributed by atoms with Crippen molar-refractivity contribution in [1.82, 2.24) is 0 Å². The van der Waals surface area contributed by atoms with Crippen LogP contribution in [0.4, 0.5) is 5.69 Å². The molecule has 3 nitrogen and oxygen atoms in total. The summed E-state index contributed by atoms with van der Waals surface area (Å²) >= 11 is 0. The molecule has 1 heterocycles. The summed E-state index contributed by atoms with van der Waals surface area (Å²) in [5.74, 6) is 0.868. The van der Waals surface area contributed by atoms with Gasteiger partial charge in [-0.25, -0.2) is 0 Å². The van der Waals surface area contributed by atoms with E-state index in [1.807, 2.05) is 24.3 Å². The van der Waals surface area contributed by atoms with Crippen molar-refractivity contribution in [1.29, 1.82) is 0 Å². The maximum atomic E-state index is 6.39. The van der Waals surface area contributed by atoms with Crippen molar-refractivity contribution >= 4 is 5.69 Å². The third kappa shape index (κ3) is 2.37. The number of para-hydroxylation sites is 2. The molecule has 3 heteroatoms. The van der Waals surface area contributed by atoms with Crippen molar-refractivity contribution in [3.63, 3.8) is 0 Å². The van der Waals surface area contributed by atoms with Crippen molar-refractivity contribution in [2.75, 3.05) is 25.1 Å². The van der Waals surface area contributed by atoms with Crippen LogP contribution in [0, 0.1) is 0 Å². The molecule has 2 aromatic rings. The van der Waals surface area contributed by atoms with E-state index < -0.39 is 0 Å². The molecule has 1 aliphatic heterocycles. The second-order valence-corrected chi connectivity index (χ2v) is 5.17. The minimum atomic E-state index is -0.0442. The first kappa shape index (κ1) is 13.0. The Morgan fingerprint density at radius 1 is 1.15 bits per heavy atom. The zero-order valence-corrected chi connectivity index (χ0v) is 11.8. The number of hydrogen-bond donors (Lipinski definition) is 1. The second-order valence-electron chi connectivity index (χ2n) is 5.17. The molecule has 0 amide bonds. The van der Waals surface area contributed by atoms with Gasteiger partial charge in [-0.05, 0) is 24.1 Å². The first-order valence-corrected chi connectivity index (χ1v) is 7.01. The standard InChI is InChI=1S/C17H20N2O/c1-20-17-9-5-3-7-14(17)15(18)12-19-11-10-13-6-2-4-8-16(13)19/h2-9,15H,10-12,18H2,1H3. The number of anilines is 1. The summed E-state index contributed by atoms with van der Waals surface area (Å²) in [7, 11) is 1.69. The number of nitrogens with zero attached hydrogens (tertiary/aromatic N) is 1. The summed E-state index contributed by atoms with van der Waals surface area (Å²) in [6.45, 7) is 1.86. The van der Waals surface area contributed by atoms with Gasteiger partial charge < -0.3 is 15.4 Å². The Labute approximate surface area is 120 Å². The Morgan fingerprint density at radius 3 is 2.75 bits per heavy atom. The Kier molecular flexibility index (Phi) is 3.61. The van der Waals surface area contributed by atoms with Crippen LogP contribution in [0.3, 0.4) is 0 Å². The molecular formula is C17H20N2O. The summed E-state index contributed by atoms with van der Waals surface area (Å²) in [5.41, 5.74) is 10.2. The molecule has 1 atom stereocenters. The van der Waals surface area contributed by atoms with Gasteiger partial charge in [-0.15, -0.1) is 0 Å². The van der Waals surface area contributed by atoms with Crippen molar-refractivity contribution in [3.8, 4) is 5.75 Å². The number of rotatable bonds is 4. The molecule has 1 unspecified atom stereocenters. The van der Waals surface area contributed by atoms with Gasteiger partial charge >= 0.3 is 0 Å². The monoisotopic (exact) mass is 268 g/mol. The SMILES string of the molecule is COc1ccccc1C(N)CN1CCc2ccccc21. The number of fused-ring (bicyclic) bond motifs is 1. The first-order valence-electron chi connectivity index (χ1n) is 7.01. The van der Waals surface area contributed by atoms with E-state index in [0.29, 0.717) is 0 Å². The van der Waals surface area contributed by atoms with Crippen molar-refractivity contribution < 1.29 is 4.74 Å². The molecule has 2 aromatic carbocycles. The van der Waals surface area contributed by atoms with E-state index in [4.69, 9.17) is 10.5 Å². The predicted octanol–water partition coefficient (Wildman–Crippen LogP) is 2.76. The van der Waals surface area contributed by atoms with Gasteiger partial charge in [0, 0.05) is 24.3 Å². The van der Waals surface area contributed by atoms with E-state index in [0.717, 1.165) is 30.8 Å². The van der Waals surface area contributed by atoms with E-state index in [1.165, 1.54) is 11.3 Å². The maximum absolute atomic E-state index is 6.39. The molecule has 0 saturated carbocycles. The lowest BCUT2D eigenvalue weighted by Gasteiger charge is -2.24. The van der Waals surface area contributed by atoms with Crippen LogP contribution in [0.2, 0.25) is 0 Å². The van der Waals surface area contributed by atoms with E-state index in [9.17, 15) is 0 Å². The van der Waals surface area contributed by atoms with Crippen LogP contribution in [0.1, 0.15) is 17.2 Å². The van der Waals surface area contributed by atoms with Gasteiger partial charge in [0.25, 0.3) is 0 Å². The fourth-order valence-corrected chi connectivity index (χ4v) is 2.90. The van der Waals surface area contributed by atoms with Crippen LogP contribution in [0.25, 0.3) is 0 Å². The minimum Gasteiger partial charge on any atom is -0.496 e. The number of nitrogens with two attached hydrogens (primary N) is 1. The number of methoxy groups -OCH3 is 1. The molecule has 20 heavy (non-hydrogen) atoms. The average molecular weight is 268 g/mol. The maximum Gasteiger partial charge on any atom is 0.123 e. The zero-order chi connectivity index (χ0) is 13.9. The number of ether oxygens (including phenoxy) is 1.